The molecule has 6 rings (SSSR count). The average Bonchev–Trinajstić information content (AvgIpc) is 3.72. The molecule has 1 amide bonds. The minimum atomic E-state index is -2.52. The number of piperidine rings is 1. The fourth-order valence-corrected chi connectivity index (χ4v) is 11.0. The molecule has 3 fully saturated rings. The minimum absolute atomic E-state index is 0.0234. The molecule has 2 bridgehead atoms. The van der Waals surface area contributed by atoms with Gasteiger partial charge in [-0.25, -0.2) is 4.79 Å². The number of carbonyl (C=O) groups excluding carboxylic acids is 4. The normalized spacial score (nSPS) is 37.1. The number of aryl methyl sites for hydroxylation is 1. The number of esters is 1. The number of aliphatic hydroxyl groups is 3. The van der Waals surface area contributed by atoms with Crippen molar-refractivity contribution in [3.05, 3.63) is 53.8 Å². The molecular formula is C52H76N2O12. The first kappa shape index (κ1) is 51.5. The molecule has 14 nitrogen and oxygen atoms in total. The van der Waals surface area contributed by atoms with E-state index in [2.05, 4.69) is 24.5 Å². The van der Waals surface area contributed by atoms with Gasteiger partial charge in [-0.3, -0.25) is 14.4 Å². The number of aliphatic hydroxyl groups excluding tert-OH is 2. The van der Waals surface area contributed by atoms with Gasteiger partial charge in [0.1, 0.15) is 35.9 Å². The molecule has 366 valence electrons. The van der Waals surface area contributed by atoms with E-state index >= 15 is 0 Å². The Morgan fingerprint density at radius 2 is 1.64 bits per heavy atom. The topological polar surface area (TPSA) is 183 Å². The molecule has 4 aliphatic rings. The van der Waals surface area contributed by atoms with E-state index in [4.69, 9.17) is 23.7 Å². The fourth-order valence-electron chi connectivity index (χ4n) is 11.0. The van der Waals surface area contributed by atoms with E-state index in [9.17, 15) is 34.5 Å². The molecule has 66 heavy (non-hydrogen) atoms. The number of allylic oxidation sites excluding steroid dienone is 3. The number of methoxy groups -OCH3 is 2. The molecule has 14 atom stereocenters. The van der Waals surface area contributed by atoms with Crippen LogP contribution in [0.3, 0.4) is 0 Å². The highest BCUT2D eigenvalue weighted by Crippen LogP contribution is 2.39. The number of benzene rings is 1. The Balaban J connectivity index is 1.28. The summed E-state index contributed by atoms with van der Waals surface area (Å²) in [5.41, 5.74) is 2.74. The van der Waals surface area contributed by atoms with E-state index < -0.39 is 90.0 Å². The zero-order valence-electron chi connectivity index (χ0n) is 40.6. The summed E-state index contributed by atoms with van der Waals surface area (Å²) in [6.07, 6.45) is 5.15. The lowest BCUT2D eigenvalue weighted by atomic mass is 9.81. The lowest BCUT2D eigenvalue weighted by molar-refractivity contribution is -0.302. The van der Waals surface area contributed by atoms with E-state index in [0.29, 0.717) is 62.7 Å². The van der Waals surface area contributed by atoms with Gasteiger partial charge in [0, 0.05) is 68.6 Å². The molecule has 3 aliphatic heterocycles. The number of rotatable bonds is 8. The zero-order valence-corrected chi connectivity index (χ0v) is 40.6. The summed E-state index contributed by atoms with van der Waals surface area (Å²) in [6, 6.07) is 6.85. The van der Waals surface area contributed by atoms with E-state index in [-0.39, 0.29) is 43.4 Å². The zero-order chi connectivity index (χ0) is 48.0. The van der Waals surface area contributed by atoms with Gasteiger partial charge in [-0.2, -0.15) is 0 Å². The van der Waals surface area contributed by atoms with Crippen LogP contribution in [0.1, 0.15) is 119 Å². The van der Waals surface area contributed by atoms with Gasteiger partial charge < -0.3 is 48.5 Å². The van der Waals surface area contributed by atoms with Gasteiger partial charge >= 0.3 is 5.97 Å². The van der Waals surface area contributed by atoms with Crippen LogP contribution < -0.4 is 4.74 Å². The third kappa shape index (κ3) is 11.5. The standard InChI is InChI=1S/C52H76N2O12/c1-10-36-23-30(3)22-31(4)24-45(62-8)48-46(63-9)26-33(6)52(61,66-48)49(58)50(59)54-20-13-12-14-40(54)51(60)65-47(34(7)41(55)29-42(36)56)32(5)25-35-15-18-44(43(57)27-35)64-38-16-17-39-37(28-38)19-21-53(39)11-2/h16-17,19,21,23,25,28,31,33-36,40-41,43-48,55,57,61H,10-15,18,20,22,24,26-27,29H2,1-9H3/b30-23+,32-25?. The monoisotopic (exact) mass is 921 g/mol. The maximum atomic E-state index is 14.5. The molecule has 1 aliphatic carbocycles. The minimum Gasteiger partial charge on any atom is -0.488 e. The van der Waals surface area contributed by atoms with Gasteiger partial charge in [0.25, 0.3) is 11.7 Å². The number of carbonyl (C=O) groups is 4. The van der Waals surface area contributed by atoms with Crippen molar-refractivity contribution in [1.82, 2.24) is 9.47 Å². The second-order valence-corrected chi connectivity index (χ2v) is 19.9. The van der Waals surface area contributed by atoms with Crippen molar-refractivity contribution >= 4 is 34.3 Å². The van der Waals surface area contributed by atoms with Gasteiger partial charge in [0.15, 0.2) is 0 Å². The summed E-state index contributed by atoms with van der Waals surface area (Å²) in [5.74, 6) is -7.06. The van der Waals surface area contributed by atoms with E-state index in [1.807, 2.05) is 57.3 Å². The maximum absolute atomic E-state index is 14.5. The predicted molar refractivity (Wildman–Crippen MR) is 249 cm³/mol. The van der Waals surface area contributed by atoms with Crippen LogP contribution in [0.25, 0.3) is 10.9 Å². The highest BCUT2D eigenvalue weighted by atomic mass is 16.7. The number of cyclic esters (lactones) is 1. The molecule has 14 heteroatoms. The van der Waals surface area contributed by atoms with Crippen molar-refractivity contribution in [1.29, 1.82) is 0 Å². The van der Waals surface area contributed by atoms with Crippen LogP contribution in [0, 0.1) is 29.6 Å². The van der Waals surface area contributed by atoms with E-state index in [1.54, 1.807) is 13.8 Å². The third-order valence-electron chi connectivity index (χ3n) is 15.0. The number of aromatic nitrogens is 1. The molecule has 0 radical (unpaired) electrons. The molecule has 1 aromatic carbocycles. The number of amides is 1. The van der Waals surface area contributed by atoms with Gasteiger partial charge in [-0.05, 0) is 127 Å². The van der Waals surface area contributed by atoms with Gasteiger partial charge in [0.2, 0.25) is 5.79 Å². The Labute approximate surface area is 391 Å². The number of hydrogen-bond acceptors (Lipinski definition) is 12. The Hall–Kier alpha value is -3.92. The van der Waals surface area contributed by atoms with Gasteiger partial charge in [-0.1, -0.05) is 45.4 Å². The Morgan fingerprint density at radius 3 is 2.32 bits per heavy atom. The van der Waals surface area contributed by atoms with E-state index in [0.717, 1.165) is 23.0 Å². The Morgan fingerprint density at radius 1 is 0.909 bits per heavy atom. The largest absolute Gasteiger partial charge is 0.488 e. The molecule has 14 unspecified atom stereocenters. The number of nitrogens with zero attached hydrogens (tertiary/aromatic N) is 2. The van der Waals surface area contributed by atoms with Gasteiger partial charge in [-0.15, -0.1) is 0 Å². The van der Waals surface area contributed by atoms with E-state index in [1.165, 1.54) is 19.1 Å². The van der Waals surface area contributed by atoms with Crippen LogP contribution in [0.4, 0.5) is 0 Å². The molecule has 0 spiro atoms. The fraction of sp³-hybridized carbons (Fsp3) is 0.692. The summed E-state index contributed by atoms with van der Waals surface area (Å²) in [6.45, 7) is 14.2. The number of hydrogen-bond donors (Lipinski definition) is 3. The Kier molecular flexibility index (Phi) is 17.5. The quantitative estimate of drug-likeness (QED) is 0.142. The predicted octanol–water partition coefficient (Wildman–Crippen LogP) is 6.88. The van der Waals surface area contributed by atoms with Gasteiger partial charge in [0.05, 0.1) is 24.4 Å². The van der Waals surface area contributed by atoms with Crippen LogP contribution in [0.5, 0.6) is 5.75 Å². The van der Waals surface area contributed by atoms with Crippen molar-refractivity contribution < 1.29 is 58.2 Å². The van der Waals surface area contributed by atoms with Crippen molar-refractivity contribution in [3.63, 3.8) is 0 Å². The van der Waals surface area contributed by atoms with Crippen LogP contribution in [0.2, 0.25) is 0 Å². The number of fused-ring (bicyclic) bond motifs is 4. The highest BCUT2D eigenvalue weighted by molar-refractivity contribution is 6.39. The maximum Gasteiger partial charge on any atom is 0.329 e. The molecule has 1 aromatic heterocycles. The molecule has 4 heterocycles. The molecule has 2 saturated heterocycles. The average molecular weight is 921 g/mol. The summed E-state index contributed by atoms with van der Waals surface area (Å²) in [4.78, 5) is 58.3. The van der Waals surface area contributed by atoms with Crippen molar-refractivity contribution in [2.24, 2.45) is 29.6 Å². The summed E-state index contributed by atoms with van der Waals surface area (Å²) >= 11 is 0. The number of ether oxygens (including phenoxy) is 5. The van der Waals surface area contributed by atoms with Crippen molar-refractivity contribution in [3.8, 4) is 5.75 Å². The Bertz CT molecular complexity index is 2080. The van der Waals surface area contributed by atoms with Crippen LogP contribution in [-0.2, 0) is 44.7 Å². The third-order valence-corrected chi connectivity index (χ3v) is 15.0. The summed E-state index contributed by atoms with van der Waals surface area (Å²) in [7, 11) is 3.07. The molecule has 1 saturated carbocycles. The van der Waals surface area contributed by atoms with Crippen molar-refractivity contribution in [2.45, 2.75) is 180 Å². The lowest BCUT2D eigenvalue weighted by Gasteiger charge is -2.47. The highest BCUT2D eigenvalue weighted by Gasteiger charge is 2.56. The van der Waals surface area contributed by atoms with Crippen LogP contribution in [0.15, 0.2) is 53.8 Å². The number of Topliss-reactive ketones (excluding diaryl/α,β-unsaturated/α-hetero) is 2. The first-order chi connectivity index (χ1) is 31.4. The summed E-state index contributed by atoms with van der Waals surface area (Å²) in [5, 5.41) is 36.4. The molecule has 3 N–H and O–H groups in total. The van der Waals surface area contributed by atoms with Crippen LogP contribution in [-0.4, -0.2) is 124 Å². The second kappa shape index (κ2) is 22.5. The second-order valence-electron chi connectivity index (χ2n) is 19.9. The van der Waals surface area contributed by atoms with Crippen LogP contribution >= 0.6 is 0 Å². The SMILES string of the molecule is CCC1/C=C(\C)CC(C)CC(OC)C2OC(O)(C(=O)C(=O)N3CCCCC3C(=O)OC(C(C)=CC3CCC(Oc4ccc5c(ccn5CC)c4)C(O)C3)C(C)C(O)CC1=O)C(C)CC2OC. The first-order valence-corrected chi connectivity index (χ1v) is 24.4. The number of ketones is 2. The van der Waals surface area contributed by atoms with Crippen molar-refractivity contribution in [2.75, 3.05) is 20.8 Å². The lowest BCUT2D eigenvalue weighted by Crippen LogP contribution is -2.64. The first-order valence-electron chi connectivity index (χ1n) is 24.4. The smallest absolute Gasteiger partial charge is 0.329 e. The molecule has 2 aromatic rings. The molecular weight excluding hydrogens is 845 g/mol. The summed E-state index contributed by atoms with van der Waals surface area (Å²) < 4.78 is 32.9.